The fourth-order valence-corrected chi connectivity index (χ4v) is 3.95. The van der Waals surface area contributed by atoms with Crippen molar-refractivity contribution in [2.24, 2.45) is 0 Å². The molecule has 2 aromatic carbocycles. The van der Waals surface area contributed by atoms with E-state index in [2.05, 4.69) is 20.1 Å². The zero-order valence-corrected chi connectivity index (χ0v) is 17.9. The van der Waals surface area contributed by atoms with Crippen molar-refractivity contribution >= 4 is 33.7 Å². The quantitative estimate of drug-likeness (QED) is 0.449. The lowest BCUT2D eigenvalue weighted by molar-refractivity contribution is -0.383. The van der Waals surface area contributed by atoms with Gasteiger partial charge in [-0.05, 0) is 43.3 Å². The van der Waals surface area contributed by atoms with Gasteiger partial charge in [-0.15, -0.1) is 0 Å². The molecule has 2 heterocycles. The van der Waals surface area contributed by atoms with Gasteiger partial charge in [-0.2, -0.15) is 0 Å². The van der Waals surface area contributed by atoms with Gasteiger partial charge in [0, 0.05) is 61.4 Å². The van der Waals surface area contributed by atoms with Crippen LogP contribution in [-0.2, 0) is 4.79 Å². The molecule has 9 heteroatoms. The van der Waals surface area contributed by atoms with Crippen LogP contribution in [0.2, 0.25) is 0 Å². The van der Waals surface area contributed by atoms with Crippen molar-refractivity contribution < 1.29 is 14.5 Å². The number of nitro groups is 1. The largest absolute Gasteiger partial charge is 0.494 e. The maximum atomic E-state index is 12.5. The predicted octanol–water partition coefficient (Wildman–Crippen LogP) is 3.30. The normalized spacial score (nSPS) is 14.3. The van der Waals surface area contributed by atoms with Gasteiger partial charge in [0.25, 0.3) is 5.69 Å². The van der Waals surface area contributed by atoms with Crippen LogP contribution in [0.3, 0.4) is 0 Å². The van der Waals surface area contributed by atoms with E-state index in [0.29, 0.717) is 18.5 Å². The number of amides is 1. The summed E-state index contributed by atoms with van der Waals surface area (Å²) in [5.74, 6) is 0.714. The summed E-state index contributed by atoms with van der Waals surface area (Å²) in [6.45, 7) is 5.74. The molecule has 0 unspecified atom stereocenters. The monoisotopic (exact) mass is 435 g/mol. The smallest absolute Gasteiger partial charge is 0.278 e. The molecule has 1 aliphatic heterocycles. The first-order chi connectivity index (χ1) is 15.5. The fourth-order valence-electron chi connectivity index (χ4n) is 3.95. The van der Waals surface area contributed by atoms with Crippen molar-refractivity contribution in [3.63, 3.8) is 0 Å². The van der Waals surface area contributed by atoms with Gasteiger partial charge in [0.1, 0.15) is 5.75 Å². The van der Waals surface area contributed by atoms with Crippen LogP contribution in [-0.4, -0.2) is 60.0 Å². The third kappa shape index (κ3) is 4.78. The van der Waals surface area contributed by atoms with Crippen LogP contribution < -0.4 is 15.0 Å². The Morgan fingerprint density at radius 3 is 2.53 bits per heavy atom. The molecule has 0 atom stereocenters. The molecule has 1 aliphatic rings. The van der Waals surface area contributed by atoms with Crippen LogP contribution in [0.1, 0.15) is 6.92 Å². The number of fused-ring (bicyclic) bond motifs is 1. The Kier molecular flexibility index (Phi) is 6.46. The first-order valence-corrected chi connectivity index (χ1v) is 10.6. The summed E-state index contributed by atoms with van der Waals surface area (Å²) in [4.78, 5) is 31.8. The summed E-state index contributed by atoms with van der Waals surface area (Å²) in [5.41, 5.74) is 1.75. The molecular weight excluding hydrogens is 410 g/mol. The molecule has 4 rings (SSSR count). The van der Waals surface area contributed by atoms with Gasteiger partial charge >= 0.3 is 0 Å². The number of pyridine rings is 1. The first kappa shape index (κ1) is 21.5. The number of carbonyl (C=O) groups is 1. The molecule has 3 aromatic rings. The number of nitrogens with zero attached hydrogens (tertiary/aromatic N) is 4. The van der Waals surface area contributed by atoms with Crippen LogP contribution in [0, 0.1) is 10.1 Å². The number of non-ortho nitro benzene ring substituents is 1. The highest BCUT2D eigenvalue weighted by molar-refractivity contribution is 5.99. The lowest BCUT2D eigenvalue weighted by Crippen LogP contribution is -2.48. The number of aromatic nitrogens is 1. The van der Waals surface area contributed by atoms with E-state index in [-0.39, 0.29) is 16.5 Å². The number of anilines is 2. The van der Waals surface area contributed by atoms with Crippen LogP contribution in [0.4, 0.5) is 17.1 Å². The molecule has 1 fully saturated rings. The SMILES string of the molecule is CCOc1ccc(NC(=O)CN2CCN(c3ccc([N+](=O)[O-])c4cnccc34)CC2)cc1. The summed E-state index contributed by atoms with van der Waals surface area (Å²) in [5, 5.41) is 15.6. The van der Waals surface area contributed by atoms with Crippen molar-refractivity contribution in [2.45, 2.75) is 6.92 Å². The number of piperazine rings is 1. The zero-order chi connectivity index (χ0) is 22.5. The van der Waals surface area contributed by atoms with Crippen molar-refractivity contribution in [3.8, 4) is 5.75 Å². The number of hydrogen-bond acceptors (Lipinski definition) is 7. The van der Waals surface area contributed by atoms with Crippen LogP contribution >= 0.6 is 0 Å². The highest BCUT2D eigenvalue weighted by atomic mass is 16.6. The number of ether oxygens (including phenoxy) is 1. The second-order valence-corrected chi connectivity index (χ2v) is 7.55. The number of hydrogen-bond donors (Lipinski definition) is 1. The van der Waals surface area contributed by atoms with E-state index < -0.39 is 0 Å². The third-order valence-electron chi connectivity index (χ3n) is 5.50. The summed E-state index contributed by atoms with van der Waals surface area (Å²) in [7, 11) is 0. The van der Waals surface area contributed by atoms with Crippen LogP contribution in [0.5, 0.6) is 5.75 Å². The minimum Gasteiger partial charge on any atom is -0.494 e. The summed E-state index contributed by atoms with van der Waals surface area (Å²) in [6, 6.07) is 12.5. The maximum Gasteiger partial charge on any atom is 0.278 e. The molecule has 166 valence electrons. The molecule has 1 saturated heterocycles. The molecule has 0 bridgehead atoms. The third-order valence-corrected chi connectivity index (χ3v) is 5.50. The van der Waals surface area contributed by atoms with E-state index in [1.54, 1.807) is 18.5 Å². The highest BCUT2D eigenvalue weighted by Gasteiger charge is 2.22. The molecule has 32 heavy (non-hydrogen) atoms. The molecule has 0 saturated carbocycles. The second-order valence-electron chi connectivity index (χ2n) is 7.55. The van der Waals surface area contributed by atoms with Gasteiger partial charge in [0.15, 0.2) is 0 Å². The topological polar surface area (TPSA) is 101 Å². The van der Waals surface area contributed by atoms with Gasteiger partial charge in [0.2, 0.25) is 5.91 Å². The van der Waals surface area contributed by atoms with Crippen molar-refractivity contribution in [1.29, 1.82) is 0 Å². The van der Waals surface area contributed by atoms with E-state index in [1.165, 1.54) is 6.07 Å². The molecular formula is C23H25N5O4. The Balaban J connectivity index is 1.36. The molecule has 9 nitrogen and oxygen atoms in total. The highest BCUT2D eigenvalue weighted by Crippen LogP contribution is 2.33. The number of nitrogens with one attached hydrogen (secondary N) is 1. The fraction of sp³-hybridized carbons (Fsp3) is 0.304. The summed E-state index contributed by atoms with van der Waals surface area (Å²) < 4.78 is 5.42. The number of nitro benzene ring substituents is 1. The Bertz CT molecular complexity index is 1110. The minimum absolute atomic E-state index is 0.0569. The van der Waals surface area contributed by atoms with Gasteiger partial charge in [-0.3, -0.25) is 24.8 Å². The summed E-state index contributed by atoms with van der Waals surface area (Å²) >= 11 is 0. The van der Waals surface area contributed by atoms with Crippen molar-refractivity contribution in [2.75, 3.05) is 49.5 Å². The Labute approximate surface area is 185 Å². The number of rotatable bonds is 7. The predicted molar refractivity (Wildman–Crippen MR) is 123 cm³/mol. The summed E-state index contributed by atoms with van der Waals surface area (Å²) in [6.07, 6.45) is 3.19. The van der Waals surface area contributed by atoms with E-state index in [1.807, 2.05) is 37.3 Å². The Morgan fingerprint density at radius 2 is 1.84 bits per heavy atom. The number of benzene rings is 2. The standard InChI is InChI=1S/C23H25N5O4/c1-2-32-18-5-3-17(4-6-18)25-23(29)16-26-11-13-27(14-12-26)21-7-8-22(28(30)31)20-15-24-10-9-19(20)21/h3-10,15H,2,11-14,16H2,1H3,(H,25,29). The van der Waals surface area contributed by atoms with Crippen LogP contribution in [0.15, 0.2) is 54.9 Å². The molecule has 0 radical (unpaired) electrons. The van der Waals surface area contributed by atoms with Gasteiger partial charge < -0.3 is 15.0 Å². The number of carbonyl (C=O) groups excluding carboxylic acids is 1. The van der Waals surface area contributed by atoms with Gasteiger partial charge in [-0.1, -0.05) is 0 Å². The first-order valence-electron chi connectivity index (χ1n) is 10.6. The molecule has 1 aromatic heterocycles. The van der Waals surface area contributed by atoms with E-state index in [0.717, 1.165) is 48.7 Å². The van der Waals surface area contributed by atoms with E-state index in [9.17, 15) is 14.9 Å². The van der Waals surface area contributed by atoms with Crippen LogP contribution in [0.25, 0.3) is 10.8 Å². The van der Waals surface area contributed by atoms with E-state index in [4.69, 9.17) is 4.74 Å². The van der Waals surface area contributed by atoms with Gasteiger partial charge in [0.05, 0.1) is 23.5 Å². The lowest BCUT2D eigenvalue weighted by Gasteiger charge is -2.36. The van der Waals surface area contributed by atoms with E-state index >= 15 is 0 Å². The molecule has 1 amide bonds. The average Bonchev–Trinajstić information content (AvgIpc) is 2.80. The molecule has 0 spiro atoms. The Morgan fingerprint density at radius 1 is 1.09 bits per heavy atom. The van der Waals surface area contributed by atoms with Gasteiger partial charge in [-0.25, -0.2) is 0 Å². The molecule has 0 aliphatic carbocycles. The lowest BCUT2D eigenvalue weighted by atomic mass is 10.1. The van der Waals surface area contributed by atoms with Crippen molar-refractivity contribution in [3.05, 3.63) is 65.0 Å². The minimum atomic E-state index is -0.380. The van der Waals surface area contributed by atoms with Crippen molar-refractivity contribution in [1.82, 2.24) is 9.88 Å². The molecule has 1 N–H and O–H groups in total. The Hall–Kier alpha value is -3.72. The average molecular weight is 435 g/mol. The second kappa shape index (κ2) is 9.61. The maximum absolute atomic E-state index is 12.5. The zero-order valence-electron chi connectivity index (χ0n) is 17.9.